The number of halogens is 2. The Balaban J connectivity index is 1.67. The molecular weight excluding hydrogens is 407 g/mol. The third kappa shape index (κ3) is 4.26. The number of aromatic nitrogens is 2. The van der Waals surface area contributed by atoms with Crippen molar-refractivity contribution in [2.45, 2.75) is 0 Å². The van der Waals surface area contributed by atoms with Crippen LogP contribution in [-0.4, -0.2) is 22.1 Å². The summed E-state index contributed by atoms with van der Waals surface area (Å²) < 4.78 is 0. The predicted molar refractivity (Wildman–Crippen MR) is 116 cm³/mol. The average Bonchev–Trinajstić information content (AvgIpc) is 2.75. The highest BCUT2D eigenvalue weighted by Gasteiger charge is 2.13. The van der Waals surface area contributed by atoms with Crippen LogP contribution in [0.3, 0.4) is 0 Å². The van der Waals surface area contributed by atoms with E-state index in [1.165, 1.54) is 6.21 Å². The molecule has 2 aromatic carbocycles. The number of amides is 1. The lowest BCUT2D eigenvalue weighted by Gasteiger charge is -2.09. The minimum atomic E-state index is -0.347. The molecule has 5 nitrogen and oxygen atoms in total. The van der Waals surface area contributed by atoms with Crippen molar-refractivity contribution in [2.24, 2.45) is 5.10 Å². The van der Waals surface area contributed by atoms with E-state index in [2.05, 4.69) is 20.5 Å². The molecule has 0 radical (unpaired) electrons. The van der Waals surface area contributed by atoms with Gasteiger partial charge in [-0.2, -0.15) is 5.10 Å². The van der Waals surface area contributed by atoms with E-state index < -0.39 is 0 Å². The van der Waals surface area contributed by atoms with Crippen LogP contribution in [0.1, 0.15) is 15.9 Å². The van der Waals surface area contributed by atoms with Crippen LogP contribution in [0.5, 0.6) is 0 Å². The van der Waals surface area contributed by atoms with E-state index in [1.54, 1.807) is 36.7 Å². The second-order valence-electron chi connectivity index (χ2n) is 6.17. The van der Waals surface area contributed by atoms with Crippen molar-refractivity contribution in [3.63, 3.8) is 0 Å². The van der Waals surface area contributed by atoms with Crippen LogP contribution >= 0.6 is 23.2 Å². The molecule has 0 aliphatic carbocycles. The molecular formula is C22H14Cl2N4O. The number of hydrogen-bond acceptors (Lipinski definition) is 4. The lowest BCUT2D eigenvalue weighted by atomic mass is 10.0. The lowest BCUT2D eigenvalue weighted by molar-refractivity contribution is 0.0956. The van der Waals surface area contributed by atoms with E-state index in [-0.39, 0.29) is 5.91 Å². The van der Waals surface area contributed by atoms with E-state index in [4.69, 9.17) is 23.2 Å². The third-order valence-electron chi connectivity index (χ3n) is 4.27. The zero-order valence-corrected chi connectivity index (χ0v) is 16.5. The first-order valence-electron chi connectivity index (χ1n) is 8.70. The zero-order valence-electron chi connectivity index (χ0n) is 15.0. The number of hydrogen-bond donors (Lipinski definition) is 1. The van der Waals surface area contributed by atoms with E-state index in [0.29, 0.717) is 26.9 Å². The van der Waals surface area contributed by atoms with Crippen LogP contribution < -0.4 is 5.43 Å². The molecule has 7 heteroatoms. The maximum atomic E-state index is 12.9. The summed E-state index contributed by atoms with van der Waals surface area (Å²) in [5.74, 6) is -0.347. The molecule has 0 saturated carbocycles. The first-order valence-corrected chi connectivity index (χ1v) is 9.46. The molecule has 2 heterocycles. The first-order chi connectivity index (χ1) is 14.1. The summed E-state index contributed by atoms with van der Waals surface area (Å²) in [6.07, 6.45) is 4.85. The van der Waals surface area contributed by atoms with Gasteiger partial charge in [0, 0.05) is 33.9 Å². The summed E-state index contributed by atoms with van der Waals surface area (Å²) in [5, 5.41) is 5.75. The molecule has 142 valence electrons. The van der Waals surface area contributed by atoms with Crippen LogP contribution in [0.15, 0.2) is 78.2 Å². The monoisotopic (exact) mass is 420 g/mol. The fourth-order valence-corrected chi connectivity index (χ4v) is 3.32. The van der Waals surface area contributed by atoms with Crippen molar-refractivity contribution < 1.29 is 4.79 Å². The molecule has 0 bridgehead atoms. The molecule has 1 N–H and O–H groups in total. The Kier molecular flexibility index (Phi) is 5.51. The summed E-state index contributed by atoms with van der Waals surface area (Å²) >= 11 is 12.0. The number of para-hydroxylation sites is 1. The van der Waals surface area contributed by atoms with Gasteiger partial charge in [-0.05, 0) is 36.4 Å². The molecule has 29 heavy (non-hydrogen) atoms. The van der Waals surface area contributed by atoms with E-state index in [0.717, 1.165) is 16.5 Å². The quantitative estimate of drug-likeness (QED) is 0.356. The van der Waals surface area contributed by atoms with Gasteiger partial charge in [0.15, 0.2) is 0 Å². The van der Waals surface area contributed by atoms with Gasteiger partial charge in [0.2, 0.25) is 0 Å². The van der Waals surface area contributed by atoms with Gasteiger partial charge >= 0.3 is 0 Å². The molecule has 4 rings (SSSR count). The Bertz CT molecular complexity index is 1230. The number of hydrazone groups is 1. The van der Waals surface area contributed by atoms with E-state index >= 15 is 0 Å². The van der Waals surface area contributed by atoms with Gasteiger partial charge in [-0.15, -0.1) is 0 Å². The van der Waals surface area contributed by atoms with Gasteiger partial charge in [0.1, 0.15) is 0 Å². The molecule has 4 aromatic rings. The standard InChI is InChI=1S/C22H14Cl2N4O/c23-16-6-5-15(19(24)11-16)13-26-28-22(29)18-12-21(14-7-9-25-10-8-14)27-20-4-2-1-3-17(18)20/h1-13H,(H,28,29)/b26-13+. The van der Waals surface area contributed by atoms with Gasteiger partial charge in [0.05, 0.1) is 28.0 Å². The van der Waals surface area contributed by atoms with Gasteiger partial charge in [-0.1, -0.05) is 47.5 Å². The summed E-state index contributed by atoms with van der Waals surface area (Å²) in [7, 11) is 0. The number of nitrogens with one attached hydrogen (secondary N) is 1. The number of carbonyl (C=O) groups is 1. The number of fused-ring (bicyclic) bond motifs is 1. The second-order valence-corrected chi connectivity index (χ2v) is 7.02. The number of benzene rings is 2. The van der Waals surface area contributed by atoms with Gasteiger partial charge in [0.25, 0.3) is 5.91 Å². The topological polar surface area (TPSA) is 67.2 Å². The van der Waals surface area contributed by atoms with Crippen molar-refractivity contribution in [2.75, 3.05) is 0 Å². The molecule has 0 aliphatic heterocycles. The van der Waals surface area contributed by atoms with E-state index in [1.807, 2.05) is 36.4 Å². The normalized spacial score (nSPS) is 11.1. The van der Waals surface area contributed by atoms with Crippen LogP contribution in [0, 0.1) is 0 Å². The SMILES string of the molecule is O=C(N/N=C/c1ccc(Cl)cc1Cl)c1cc(-c2ccncc2)nc2ccccc12. The maximum absolute atomic E-state index is 12.9. The van der Waals surface area contributed by atoms with Crippen molar-refractivity contribution in [1.82, 2.24) is 15.4 Å². The highest BCUT2D eigenvalue weighted by Crippen LogP contribution is 2.24. The molecule has 1 amide bonds. The van der Waals surface area contributed by atoms with Crippen molar-refractivity contribution in [3.8, 4) is 11.3 Å². The van der Waals surface area contributed by atoms with Crippen LogP contribution in [0.2, 0.25) is 10.0 Å². The Hall–Kier alpha value is -3.28. The van der Waals surface area contributed by atoms with Crippen molar-refractivity contribution >= 4 is 46.2 Å². The van der Waals surface area contributed by atoms with Crippen LogP contribution in [0.4, 0.5) is 0 Å². The Labute approximate surface area is 177 Å². The van der Waals surface area contributed by atoms with Gasteiger partial charge in [-0.25, -0.2) is 10.4 Å². The second kappa shape index (κ2) is 8.39. The fraction of sp³-hybridized carbons (Fsp3) is 0. The summed E-state index contributed by atoms with van der Waals surface area (Å²) in [5.41, 5.74) is 5.95. The molecule has 0 spiro atoms. The minimum absolute atomic E-state index is 0.347. The zero-order chi connectivity index (χ0) is 20.2. The number of rotatable bonds is 4. The molecule has 2 aromatic heterocycles. The Morgan fingerprint density at radius 2 is 1.79 bits per heavy atom. The highest BCUT2D eigenvalue weighted by molar-refractivity contribution is 6.36. The third-order valence-corrected chi connectivity index (χ3v) is 4.83. The molecule has 0 saturated heterocycles. The maximum Gasteiger partial charge on any atom is 0.272 e. The van der Waals surface area contributed by atoms with Crippen LogP contribution in [0.25, 0.3) is 22.2 Å². The average molecular weight is 421 g/mol. The smallest absolute Gasteiger partial charge is 0.267 e. The van der Waals surface area contributed by atoms with Crippen molar-refractivity contribution in [1.29, 1.82) is 0 Å². The number of nitrogens with zero attached hydrogens (tertiary/aromatic N) is 3. The highest BCUT2D eigenvalue weighted by atomic mass is 35.5. The van der Waals surface area contributed by atoms with E-state index in [9.17, 15) is 4.79 Å². The van der Waals surface area contributed by atoms with Crippen molar-refractivity contribution in [3.05, 3.63) is 94.2 Å². The number of pyridine rings is 2. The number of carbonyl (C=O) groups excluding carboxylic acids is 1. The largest absolute Gasteiger partial charge is 0.272 e. The molecule has 0 fully saturated rings. The summed E-state index contributed by atoms with van der Waals surface area (Å²) in [6.45, 7) is 0. The predicted octanol–water partition coefficient (Wildman–Crippen LogP) is 5.37. The molecule has 0 aliphatic rings. The minimum Gasteiger partial charge on any atom is -0.267 e. The summed E-state index contributed by atoms with van der Waals surface area (Å²) in [4.78, 5) is 21.5. The molecule has 0 unspecified atom stereocenters. The summed E-state index contributed by atoms with van der Waals surface area (Å²) in [6, 6.07) is 18.0. The Morgan fingerprint density at radius 3 is 2.59 bits per heavy atom. The van der Waals surface area contributed by atoms with Gasteiger partial charge < -0.3 is 0 Å². The van der Waals surface area contributed by atoms with Crippen LogP contribution in [-0.2, 0) is 0 Å². The Morgan fingerprint density at radius 1 is 1.00 bits per heavy atom. The van der Waals surface area contributed by atoms with Gasteiger partial charge in [-0.3, -0.25) is 9.78 Å². The first kappa shape index (κ1) is 19.1. The lowest BCUT2D eigenvalue weighted by Crippen LogP contribution is -2.18. The molecule has 0 atom stereocenters. The fourth-order valence-electron chi connectivity index (χ4n) is 2.86.